The summed E-state index contributed by atoms with van der Waals surface area (Å²) in [5, 5.41) is 2.66. The molecule has 14 heavy (non-hydrogen) atoms. The molecular weight excluding hydrogens is 246 g/mol. The number of halogens is 1. The van der Waals surface area contributed by atoms with Crippen LogP contribution < -0.4 is 11.1 Å². The average Bonchev–Trinajstić information content (AvgIpc) is 2.46. The van der Waals surface area contributed by atoms with Crippen LogP contribution in [0.4, 0.5) is 4.79 Å². The van der Waals surface area contributed by atoms with Crippen molar-refractivity contribution >= 4 is 27.8 Å². The Bertz CT molecular complexity index is 416. The van der Waals surface area contributed by atoms with E-state index in [-0.39, 0.29) is 12.1 Å². The van der Waals surface area contributed by atoms with Gasteiger partial charge in [0.15, 0.2) is 0 Å². The Labute approximate surface area is 89.3 Å². The molecular formula is C9H8BrN3O. The van der Waals surface area contributed by atoms with Gasteiger partial charge >= 0.3 is 6.03 Å². The molecule has 4 nitrogen and oxygen atoms in total. The standard InChI is InChI=1S/C9H8BrN3O/c10-6-4-2-1-3-5(6)7-8(11)13-9(14)12-7/h1-4,7H,(H3,11,12,13,14). The highest BCUT2D eigenvalue weighted by Crippen LogP contribution is 2.25. The van der Waals surface area contributed by atoms with E-state index in [1.165, 1.54) is 0 Å². The fourth-order valence-corrected chi connectivity index (χ4v) is 1.87. The van der Waals surface area contributed by atoms with Crippen LogP contribution in [0.5, 0.6) is 0 Å². The maximum atomic E-state index is 11.0. The van der Waals surface area contributed by atoms with E-state index in [4.69, 9.17) is 5.73 Å². The quantitative estimate of drug-likeness (QED) is 0.798. The number of amides is 2. The van der Waals surface area contributed by atoms with E-state index >= 15 is 0 Å². The summed E-state index contributed by atoms with van der Waals surface area (Å²) in [6, 6.07) is 6.88. The molecule has 3 N–H and O–H groups in total. The van der Waals surface area contributed by atoms with Crippen molar-refractivity contribution in [1.82, 2.24) is 5.32 Å². The number of nitrogens with zero attached hydrogens (tertiary/aromatic N) is 1. The predicted molar refractivity (Wildman–Crippen MR) is 57.0 cm³/mol. The van der Waals surface area contributed by atoms with Crippen molar-refractivity contribution in [2.24, 2.45) is 10.7 Å². The first-order valence-electron chi connectivity index (χ1n) is 4.07. The minimum atomic E-state index is -0.386. The summed E-state index contributed by atoms with van der Waals surface area (Å²) in [7, 11) is 0. The second-order valence-corrected chi connectivity index (χ2v) is 3.80. The first kappa shape index (κ1) is 9.21. The highest BCUT2D eigenvalue weighted by Gasteiger charge is 2.26. The first-order chi connectivity index (χ1) is 6.68. The zero-order chi connectivity index (χ0) is 10.1. The molecule has 1 aromatic carbocycles. The zero-order valence-corrected chi connectivity index (χ0v) is 8.78. The first-order valence-corrected chi connectivity index (χ1v) is 4.87. The number of urea groups is 1. The average molecular weight is 254 g/mol. The van der Waals surface area contributed by atoms with Crippen LogP contribution >= 0.6 is 15.9 Å². The van der Waals surface area contributed by atoms with Crippen molar-refractivity contribution in [3.8, 4) is 0 Å². The Morgan fingerprint density at radius 3 is 2.71 bits per heavy atom. The minimum absolute atomic E-state index is 0.307. The lowest BCUT2D eigenvalue weighted by Gasteiger charge is -2.12. The SMILES string of the molecule is NC1=NC(=O)NC1c1ccccc1Br. The van der Waals surface area contributed by atoms with Crippen molar-refractivity contribution in [1.29, 1.82) is 0 Å². The van der Waals surface area contributed by atoms with Gasteiger partial charge in [0.25, 0.3) is 0 Å². The number of amidine groups is 1. The molecule has 0 fully saturated rings. The Morgan fingerprint density at radius 2 is 2.14 bits per heavy atom. The van der Waals surface area contributed by atoms with Crippen LogP contribution in [0, 0.1) is 0 Å². The number of benzene rings is 1. The van der Waals surface area contributed by atoms with Gasteiger partial charge < -0.3 is 11.1 Å². The van der Waals surface area contributed by atoms with E-state index in [0.717, 1.165) is 10.0 Å². The Morgan fingerprint density at radius 1 is 1.43 bits per heavy atom. The number of carbonyl (C=O) groups excluding carboxylic acids is 1. The largest absolute Gasteiger partial charge is 0.385 e. The smallest absolute Gasteiger partial charge is 0.343 e. The summed E-state index contributed by atoms with van der Waals surface area (Å²) in [6.07, 6.45) is 0. The van der Waals surface area contributed by atoms with Gasteiger partial charge in [0.1, 0.15) is 11.9 Å². The van der Waals surface area contributed by atoms with Gasteiger partial charge in [0.2, 0.25) is 0 Å². The number of aliphatic imine (C=N–C) groups is 1. The topological polar surface area (TPSA) is 67.5 Å². The highest BCUT2D eigenvalue weighted by atomic mass is 79.9. The van der Waals surface area contributed by atoms with Gasteiger partial charge in [-0.05, 0) is 11.6 Å². The lowest BCUT2D eigenvalue weighted by molar-refractivity contribution is 0.250. The van der Waals surface area contributed by atoms with E-state index < -0.39 is 0 Å². The highest BCUT2D eigenvalue weighted by molar-refractivity contribution is 9.10. The summed E-state index contributed by atoms with van der Waals surface area (Å²) >= 11 is 3.39. The molecule has 72 valence electrons. The second-order valence-electron chi connectivity index (χ2n) is 2.94. The van der Waals surface area contributed by atoms with Crippen molar-refractivity contribution in [3.05, 3.63) is 34.3 Å². The van der Waals surface area contributed by atoms with Crippen LogP contribution in [0.1, 0.15) is 11.6 Å². The normalized spacial score (nSPS) is 20.5. The fourth-order valence-electron chi connectivity index (χ4n) is 1.36. The maximum Gasteiger partial charge on any atom is 0.343 e. The molecule has 0 radical (unpaired) electrons. The molecule has 0 spiro atoms. The lowest BCUT2D eigenvalue weighted by Crippen LogP contribution is -2.28. The van der Waals surface area contributed by atoms with Gasteiger partial charge in [-0.3, -0.25) is 0 Å². The van der Waals surface area contributed by atoms with Crippen molar-refractivity contribution in [2.45, 2.75) is 6.04 Å². The second kappa shape index (κ2) is 3.42. The van der Waals surface area contributed by atoms with Crippen LogP contribution in [0.2, 0.25) is 0 Å². The van der Waals surface area contributed by atoms with E-state index in [0.29, 0.717) is 5.84 Å². The van der Waals surface area contributed by atoms with Gasteiger partial charge in [-0.2, -0.15) is 4.99 Å². The summed E-state index contributed by atoms with van der Waals surface area (Å²) < 4.78 is 0.908. The Kier molecular flexibility index (Phi) is 2.25. The zero-order valence-electron chi connectivity index (χ0n) is 7.20. The van der Waals surface area contributed by atoms with E-state index in [2.05, 4.69) is 26.2 Å². The molecule has 1 aliphatic rings. The number of hydrogen-bond acceptors (Lipinski definition) is 2. The summed E-state index contributed by atoms with van der Waals surface area (Å²) in [6.45, 7) is 0. The van der Waals surface area contributed by atoms with Gasteiger partial charge in [-0.15, -0.1) is 0 Å². The Hall–Kier alpha value is -1.36. The molecule has 1 unspecified atom stereocenters. The molecule has 0 aromatic heterocycles. The molecule has 0 saturated heterocycles. The molecule has 0 aliphatic carbocycles. The molecule has 1 aromatic rings. The monoisotopic (exact) mass is 253 g/mol. The van der Waals surface area contributed by atoms with Crippen molar-refractivity contribution in [2.75, 3.05) is 0 Å². The fraction of sp³-hybridized carbons (Fsp3) is 0.111. The number of carbonyl (C=O) groups is 1. The molecule has 0 bridgehead atoms. The van der Waals surface area contributed by atoms with E-state index in [9.17, 15) is 4.79 Å². The Balaban J connectivity index is 2.38. The molecule has 5 heteroatoms. The van der Waals surface area contributed by atoms with Crippen molar-refractivity contribution in [3.63, 3.8) is 0 Å². The lowest BCUT2D eigenvalue weighted by atomic mass is 10.1. The van der Waals surface area contributed by atoms with Crippen LogP contribution in [-0.4, -0.2) is 11.9 Å². The number of nitrogens with one attached hydrogen (secondary N) is 1. The number of nitrogens with two attached hydrogens (primary N) is 1. The van der Waals surface area contributed by atoms with Crippen LogP contribution in [0.15, 0.2) is 33.7 Å². The summed E-state index contributed by atoms with van der Waals surface area (Å²) in [5.74, 6) is 0.307. The predicted octanol–water partition coefficient (Wildman–Crippen LogP) is 1.57. The molecule has 1 heterocycles. The number of hydrogen-bond donors (Lipinski definition) is 2. The molecule has 2 amide bonds. The van der Waals surface area contributed by atoms with Gasteiger partial charge in [0.05, 0.1) is 0 Å². The molecule has 0 saturated carbocycles. The summed E-state index contributed by atoms with van der Waals surface area (Å²) in [4.78, 5) is 14.6. The van der Waals surface area contributed by atoms with Crippen LogP contribution in [-0.2, 0) is 0 Å². The minimum Gasteiger partial charge on any atom is -0.385 e. The van der Waals surface area contributed by atoms with Gasteiger partial charge in [0, 0.05) is 4.47 Å². The third-order valence-corrected chi connectivity index (χ3v) is 2.73. The van der Waals surface area contributed by atoms with Crippen LogP contribution in [0.3, 0.4) is 0 Å². The maximum absolute atomic E-state index is 11.0. The number of rotatable bonds is 1. The van der Waals surface area contributed by atoms with Gasteiger partial charge in [-0.1, -0.05) is 34.1 Å². The molecule has 2 rings (SSSR count). The van der Waals surface area contributed by atoms with E-state index in [1.54, 1.807) is 0 Å². The molecule has 1 atom stereocenters. The third kappa shape index (κ3) is 1.50. The van der Waals surface area contributed by atoms with E-state index in [1.807, 2.05) is 24.3 Å². The summed E-state index contributed by atoms with van der Waals surface area (Å²) in [5.41, 5.74) is 6.53. The molecule has 1 aliphatic heterocycles. The van der Waals surface area contributed by atoms with Crippen molar-refractivity contribution < 1.29 is 4.79 Å². The van der Waals surface area contributed by atoms with Crippen LogP contribution in [0.25, 0.3) is 0 Å². The third-order valence-electron chi connectivity index (χ3n) is 2.01. The van der Waals surface area contributed by atoms with Gasteiger partial charge in [-0.25, -0.2) is 4.79 Å².